The van der Waals surface area contributed by atoms with Gasteiger partial charge in [0.1, 0.15) is 0 Å². The van der Waals surface area contributed by atoms with Crippen LogP contribution in [0.15, 0.2) is 24.5 Å². The van der Waals surface area contributed by atoms with E-state index < -0.39 is 0 Å². The Balaban J connectivity index is 1.91. The summed E-state index contributed by atoms with van der Waals surface area (Å²) in [5.74, 6) is 0. The lowest BCUT2D eigenvalue weighted by Crippen LogP contribution is -2.41. The maximum atomic E-state index is 6.13. The van der Waals surface area contributed by atoms with Crippen molar-refractivity contribution in [3.63, 3.8) is 0 Å². The minimum absolute atomic E-state index is 0.220. The van der Waals surface area contributed by atoms with Gasteiger partial charge in [-0.05, 0) is 50.7 Å². The highest BCUT2D eigenvalue weighted by molar-refractivity contribution is 6.62. The van der Waals surface area contributed by atoms with E-state index in [0.29, 0.717) is 0 Å². The Bertz CT molecular complexity index is 712. The summed E-state index contributed by atoms with van der Waals surface area (Å²) < 4.78 is 14.5. The van der Waals surface area contributed by atoms with Crippen molar-refractivity contribution in [2.24, 2.45) is 5.41 Å². The maximum Gasteiger partial charge on any atom is 0.494 e. The molecule has 5 heteroatoms. The van der Waals surface area contributed by atoms with Crippen molar-refractivity contribution in [3.05, 3.63) is 24.5 Å². The van der Waals surface area contributed by atoms with E-state index in [2.05, 4.69) is 76.2 Å². The first-order valence-electron chi connectivity index (χ1n) is 8.29. The number of nitrogens with zero attached hydrogens (tertiary/aromatic N) is 2. The third-order valence-electron chi connectivity index (χ3n) is 4.82. The molecule has 0 saturated carbocycles. The van der Waals surface area contributed by atoms with Crippen molar-refractivity contribution < 1.29 is 9.31 Å². The Morgan fingerprint density at radius 1 is 1.09 bits per heavy atom. The molecule has 0 unspecified atom stereocenters. The molecule has 0 radical (unpaired) electrons. The van der Waals surface area contributed by atoms with Crippen LogP contribution in [0, 0.1) is 5.41 Å². The van der Waals surface area contributed by atoms with Crippen LogP contribution in [0.2, 0.25) is 0 Å². The molecular formula is C18H27BN2O2. The number of imidazole rings is 1. The second kappa shape index (κ2) is 5.08. The molecule has 0 amide bonds. The van der Waals surface area contributed by atoms with Crippen LogP contribution < -0.4 is 5.46 Å². The third kappa shape index (κ3) is 3.04. The Morgan fingerprint density at radius 3 is 2.26 bits per heavy atom. The highest BCUT2D eigenvalue weighted by Gasteiger charge is 2.51. The zero-order valence-electron chi connectivity index (χ0n) is 15.3. The molecule has 4 nitrogen and oxygen atoms in total. The van der Waals surface area contributed by atoms with Gasteiger partial charge in [0.2, 0.25) is 0 Å². The normalized spacial score (nSPS) is 20.4. The molecule has 124 valence electrons. The van der Waals surface area contributed by atoms with Gasteiger partial charge in [-0.25, -0.2) is 4.98 Å². The van der Waals surface area contributed by atoms with E-state index in [1.54, 1.807) is 0 Å². The minimum Gasteiger partial charge on any atom is -0.399 e. The van der Waals surface area contributed by atoms with Crippen LogP contribution in [0.4, 0.5) is 0 Å². The highest BCUT2D eigenvalue weighted by Crippen LogP contribution is 2.36. The van der Waals surface area contributed by atoms with Crippen LogP contribution >= 0.6 is 0 Å². The SMILES string of the molecule is CC(C)(C)Cn1cnc2cc(B3OC(C)(C)C(C)(C)O3)ccc21. The summed E-state index contributed by atoms with van der Waals surface area (Å²) in [5.41, 5.74) is 2.74. The topological polar surface area (TPSA) is 36.3 Å². The van der Waals surface area contributed by atoms with Crippen molar-refractivity contribution in [2.75, 3.05) is 0 Å². The predicted octanol–water partition coefficient (Wildman–Crippen LogP) is 3.38. The van der Waals surface area contributed by atoms with Crippen LogP contribution in [0.5, 0.6) is 0 Å². The van der Waals surface area contributed by atoms with Crippen molar-refractivity contribution in [2.45, 2.75) is 66.2 Å². The summed E-state index contributed by atoms with van der Waals surface area (Å²) in [7, 11) is -0.336. The molecule has 0 spiro atoms. The van der Waals surface area contributed by atoms with E-state index in [0.717, 1.165) is 23.0 Å². The van der Waals surface area contributed by atoms with Crippen molar-refractivity contribution in [1.82, 2.24) is 9.55 Å². The molecule has 1 aliphatic heterocycles. The fraction of sp³-hybridized carbons (Fsp3) is 0.611. The summed E-state index contributed by atoms with van der Waals surface area (Å²) in [4.78, 5) is 4.56. The van der Waals surface area contributed by atoms with Gasteiger partial charge < -0.3 is 13.9 Å². The highest BCUT2D eigenvalue weighted by atomic mass is 16.7. The van der Waals surface area contributed by atoms with Gasteiger partial charge in [0.15, 0.2) is 0 Å². The number of aromatic nitrogens is 2. The lowest BCUT2D eigenvalue weighted by molar-refractivity contribution is 0.00578. The Hall–Kier alpha value is -1.33. The molecule has 1 aliphatic rings. The molecule has 23 heavy (non-hydrogen) atoms. The van der Waals surface area contributed by atoms with Gasteiger partial charge >= 0.3 is 7.12 Å². The summed E-state index contributed by atoms with van der Waals surface area (Å²) in [6, 6.07) is 6.29. The smallest absolute Gasteiger partial charge is 0.399 e. The largest absolute Gasteiger partial charge is 0.494 e. The molecule has 1 fully saturated rings. The summed E-state index contributed by atoms with van der Waals surface area (Å²) in [6.45, 7) is 15.9. The van der Waals surface area contributed by atoms with E-state index in [4.69, 9.17) is 9.31 Å². The number of hydrogen-bond donors (Lipinski definition) is 0. The summed E-state index contributed by atoms with van der Waals surface area (Å²) in [5, 5.41) is 0. The van der Waals surface area contributed by atoms with E-state index in [1.807, 2.05) is 6.33 Å². The summed E-state index contributed by atoms with van der Waals surface area (Å²) in [6.07, 6.45) is 1.92. The molecule has 2 heterocycles. The van der Waals surface area contributed by atoms with Gasteiger partial charge in [-0.3, -0.25) is 0 Å². The molecule has 2 aromatic rings. The van der Waals surface area contributed by atoms with Crippen molar-refractivity contribution in [3.8, 4) is 0 Å². The zero-order chi connectivity index (χ0) is 17.0. The summed E-state index contributed by atoms with van der Waals surface area (Å²) >= 11 is 0. The average Bonchev–Trinajstić information content (AvgIpc) is 2.86. The molecule has 1 aromatic heterocycles. The van der Waals surface area contributed by atoms with Gasteiger partial charge in [0.25, 0.3) is 0 Å². The first kappa shape index (κ1) is 16.5. The molecule has 1 aromatic carbocycles. The average molecular weight is 314 g/mol. The molecule has 0 aliphatic carbocycles. The van der Waals surface area contributed by atoms with Crippen LogP contribution in [0.1, 0.15) is 48.5 Å². The van der Waals surface area contributed by atoms with Crippen LogP contribution in [-0.2, 0) is 15.9 Å². The fourth-order valence-corrected chi connectivity index (χ4v) is 2.84. The zero-order valence-corrected chi connectivity index (χ0v) is 15.3. The molecule has 1 saturated heterocycles. The monoisotopic (exact) mass is 314 g/mol. The Labute approximate surface area is 139 Å². The van der Waals surface area contributed by atoms with Crippen molar-refractivity contribution >= 4 is 23.6 Å². The molecule has 3 rings (SSSR count). The maximum absolute atomic E-state index is 6.13. The fourth-order valence-electron chi connectivity index (χ4n) is 2.84. The quantitative estimate of drug-likeness (QED) is 0.797. The number of hydrogen-bond acceptors (Lipinski definition) is 3. The van der Waals surface area contributed by atoms with Gasteiger partial charge in [-0.1, -0.05) is 26.8 Å². The van der Waals surface area contributed by atoms with Gasteiger partial charge in [-0.2, -0.15) is 0 Å². The van der Waals surface area contributed by atoms with Gasteiger partial charge in [0.05, 0.1) is 28.6 Å². The van der Waals surface area contributed by atoms with E-state index >= 15 is 0 Å². The first-order chi connectivity index (χ1) is 10.5. The number of fused-ring (bicyclic) bond motifs is 1. The van der Waals surface area contributed by atoms with Gasteiger partial charge in [-0.15, -0.1) is 0 Å². The van der Waals surface area contributed by atoms with Crippen LogP contribution in [0.25, 0.3) is 11.0 Å². The van der Waals surface area contributed by atoms with Crippen molar-refractivity contribution in [1.29, 1.82) is 0 Å². The van der Waals surface area contributed by atoms with Crippen LogP contribution in [0.3, 0.4) is 0 Å². The van der Waals surface area contributed by atoms with E-state index in [9.17, 15) is 0 Å². The lowest BCUT2D eigenvalue weighted by atomic mass is 9.79. The Morgan fingerprint density at radius 2 is 1.70 bits per heavy atom. The van der Waals surface area contributed by atoms with Gasteiger partial charge in [0, 0.05) is 6.54 Å². The number of rotatable bonds is 2. The second-order valence-electron chi connectivity index (χ2n) is 8.77. The number of benzene rings is 1. The van der Waals surface area contributed by atoms with Crippen LogP contribution in [-0.4, -0.2) is 27.9 Å². The predicted molar refractivity (Wildman–Crippen MR) is 94.9 cm³/mol. The lowest BCUT2D eigenvalue weighted by Gasteiger charge is -2.32. The molecule has 0 atom stereocenters. The molecular weight excluding hydrogens is 287 g/mol. The first-order valence-corrected chi connectivity index (χ1v) is 8.29. The minimum atomic E-state index is -0.336. The third-order valence-corrected chi connectivity index (χ3v) is 4.82. The van der Waals surface area contributed by atoms with E-state index in [1.165, 1.54) is 0 Å². The second-order valence-corrected chi connectivity index (χ2v) is 8.77. The molecule has 0 bridgehead atoms. The molecule has 0 N–H and O–H groups in total. The Kier molecular flexibility index (Phi) is 3.65. The van der Waals surface area contributed by atoms with E-state index in [-0.39, 0.29) is 23.7 Å². The standard InChI is InChI=1S/C18H27BN2O2/c1-16(2,3)11-21-12-20-14-10-13(8-9-15(14)21)19-22-17(4,5)18(6,7)23-19/h8-10,12H,11H2,1-7H3.